The zero-order valence-electron chi connectivity index (χ0n) is 20.3. The first kappa shape index (κ1) is 24.0. The van der Waals surface area contributed by atoms with Crippen LogP contribution in [0.2, 0.25) is 0 Å². The summed E-state index contributed by atoms with van der Waals surface area (Å²) >= 11 is 0. The van der Waals surface area contributed by atoms with Crippen LogP contribution in [-0.2, 0) is 29.0 Å². The maximum absolute atomic E-state index is 12.9. The molecule has 6 nitrogen and oxygen atoms in total. The fourth-order valence-corrected chi connectivity index (χ4v) is 4.73. The number of para-hydroxylation sites is 2. The predicted molar refractivity (Wildman–Crippen MR) is 136 cm³/mol. The van der Waals surface area contributed by atoms with Crippen molar-refractivity contribution in [1.82, 2.24) is 19.8 Å². The molecular formula is C28H36N4O2. The van der Waals surface area contributed by atoms with E-state index < -0.39 is 0 Å². The molecule has 0 aliphatic carbocycles. The van der Waals surface area contributed by atoms with Crippen LogP contribution in [0.3, 0.4) is 0 Å². The van der Waals surface area contributed by atoms with Crippen molar-refractivity contribution in [3.63, 3.8) is 0 Å². The van der Waals surface area contributed by atoms with E-state index in [1.807, 2.05) is 54.3 Å². The van der Waals surface area contributed by atoms with Crippen LogP contribution in [0, 0.1) is 6.92 Å². The summed E-state index contributed by atoms with van der Waals surface area (Å²) in [5.41, 5.74) is 4.22. The molecule has 0 unspecified atom stereocenters. The van der Waals surface area contributed by atoms with Gasteiger partial charge in [0.05, 0.1) is 17.5 Å². The Morgan fingerprint density at radius 2 is 1.71 bits per heavy atom. The Labute approximate surface area is 202 Å². The van der Waals surface area contributed by atoms with Gasteiger partial charge in [0, 0.05) is 26.1 Å². The number of carbonyl (C=O) groups is 2. The average molecular weight is 461 g/mol. The maximum Gasteiger partial charge on any atom is 0.242 e. The number of hydrogen-bond donors (Lipinski definition) is 1. The molecule has 180 valence electrons. The Bertz CT molecular complexity index is 1110. The van der Waals surface area contributed by atoms with E-state index in [0.29, 0.717) is 19.5 Å². The molecule has 1 aromatic heterocycles. The number of aryl methyl sites for hydroxylation is 2. The highest BCUT2D eigenvalue weighted by molar-refractivity contribution is 5.81. The average Bonchev–Trinajstić information content (AvgIpc) is 3.20. The molecule has 2 amide bonds. The molecule has 2 heterocycles. The lowest BCUT2D eigenvalue weighted by atomic mass is 10.1. The maximum atomic E-state index is 12.9. The number of aromatic nitrogens is 2. The highest BCUT2D eigenvalue weighted by Gasteiger charge is 2.19. The molecule has 34 heavy (non-hydrogen) atoms. The van der Waals surface area contributed by atoms with E-state index in [1.54, 1.807) is 0 Å². The van der Waals surface area contributed by atoms with Crippen molar-refractivity contribution in [2.75, 3.05) is 19.6 Å². The van der Waals surface area contributed by atoms with Gasteiger partial charge >= 0.3 is 0 Å². The summed E-state index contributed by atoms with van der Waals surface area (Å²) in [7, 11) is 0. The minimum Gasteiger partial charge on any atom is -0.356 e. The standard InChI is InChI=1S/C28H36N4O2/c1-22-12-5-6-13-23(22)20-27(33)29-17-9-2-4-16-26-30-24-14-7-8-15-25(24)32(26)21-28(34)31-18-10-3-11-19-31/h5-8,12-15H,2-4,9-11,16-21H2,1H3,(H,29,33). The lowest BCUT2D eigenvalue weighted by Gasteiger charge is -2.27. The number of likely N-dealkylation sites (tertiary alicyclic amines) is 1. The molecule has 0 atom stereocenters. The fourth-order valence-electron chi connectivity index (χ4n) is 4.73. The number of amides is 2. The van der Waals surface area contributed by atoms with Crippen LogP contribution in [-0.4, -0.2) is 45.9 Å². The van der Waals surface area contributed by atoms with Crippen LogP contribution >= 0.6 is 0 Å². The summed E-state index contributed by atoms with van der Waals surface area (Å²) in [4.78, 5) is 32.0. The van der Waals surface area contributed by atoms with Crippen molar-refractivity contribution in [1.29, 1.82) is 0 Å². The minimum atomic E-state index is 0.0762. The molecule has 0 saturated carbocycles. The number of piperidine rings is 1. The Morgan fingerprint density at radius 1 is 0.941 bits per heavy atom. The number of nitrogens with one attached hydrogen (secondary N) is 1. The summed E-state index contributed by atoms with van der Waals surface area (Å²) in [6.07, 6.45) is 7.61. The zero-order valence-corrected chi connectivity index (χ0v) is 20.3. The topological polar surface area (TPSA) is 67.2 Å². The molecule has 1 N–H and O–H groups in total. The van der Waals surface area contributed by atoms with E-state index in [-0.39, 0.29) is 11.8 Å². The van der Waals surface area contributed by atoms with E-state index in [1.165, 1.54) is 6.42 Å². The SMILES string of the molecule is Cc1ccccc1CC(=O)NCCCCCc1nc2ccccc2n1CC(=O)N1CCCCC1. The van der Waals surface area contributed by atoms with Gasteiger partial charge < -0.3 is 14.8 Å². The molecule has 1 aliphatic rings. The van der Waals surface area contributed by atoms with Crippen molar-refractivity contribution in [2.45, 2.75) is 64.8 Å². The third-order valence-corrected chi connectivity index (χ3v) is 6.75. The number of benzene rings is 2. The quantitative estimate of drug-likeness (QED) is 0.455. The van der Waals surface area contributed by atoms with Crippen LogP contribution in [0.1, 0.15) is 55.5 Å². The van der Waals surface area contributed by atoms with Crippen LogP contribution in [0.5, 0.6) is 0 Å². The second-order valence-corrected chi connectivity index (χ2v) is 9.31. The third kappa shape index (κ3) is 6.25. The van der Waals surface area contributed by atoms with Gasteiger partial charge in [0.2, 0.25) is 11.8 Å². The van der Waals surface area contributed by atoms with Crippen molar-refractivity contribution in [3.8, 4) is 0 Å². The van der Waals surface area contributed by atoms with Gasteiger partial charge in [-0.15, -0.1) is 0 Å². The second kappa shape index (κ2) is 11.8. The molecular weight excluding hydrogens is 424 g/mol. The number of imidazole rings is 1. The van der Waals surface area contributed by atoms with Gasteiger partial charge in [-0.05, 0) is 62.3 Å². The van der Waals surface area contributed by atoms with Gasteiger partial charge in [-0.25, -0.2) is 4.98 Å². The molecule has 2 aromatic carbocycles. The Balaban J connectivity index is 1.26. The first-order chi connectivity index (χ1) is 16.6. The minimum absolute atomic E-state index is 0.0762. The van der Waals surface area contributed by atoms with Crippen LogP contribution in [0.25, 0.3) is 11.0 Å². The summed E-state index contributed by atoms with van der Waals surface area (Å²) in [5.74, 6) is 1.25. The molecule has 6 heteroatoms. The lowest BCUT2D eigenvalue weighted by molar-refractivity contribution is -0.132. The van der Waals surface area contributed by atoms with Gasteiger partial charge in [-0.1, -0.05) is 42.8 Å². The van der Waals surface area contributed by atoms with Crippen LogP contribution in [0.15, 0.2) is 48.5 Å². The molecule has 4 rings (SSSR count). The number of carbonyl (C=O) groups excluding carboxylic acids is 2. The number of nitrogens with zero attached hydrogens (tertiary/aromatic N) is 3. The first-order valence-electron chi connectivity index (χ1n) is 12.6. The summed E-state index contributed by atoms with van der Waals surface area (Å²) in [5, 5.41) is 3.04. The number of hydrogen-bond acceptors (Lipinski definition) is 3. The van der Waals surface area contributed by atoms with Gasteiger partial charge in [-0.2, -0.15) is 0 Å². The number of rotatable bonds is 10. The fraction of sp³-hybridized carbons (Fsp3) is 0.464. The monoisotopic (exact) mass is 460 g/mol. The molecule has 0 bridgehead atoms. The Kier molecular flexibility index (Phi) is 8.34. The normalized spacial score (nSPS) is 13.9. The van der Waals surface area contributed by atoms with Gasteiger partial charge in [0.15, 0.2) is 0 Å². The molecule has 3 aromatic rings. The molecule has 1 fully saturated rings. The summed E-state index contributed by atoms with van der Waals surface area (Å²) < 4.78 is 2.11. The highest BCUT2D eigenvalue weighted by atomic mass is 16.2. The number of unbranched alkanes of at least 4 members (excludes halogenated alkanes) is 2. The second-order valence-electron chi connectivity index (χ2n) is 9.31. The van der Waals surface area contributed by atoms with E-state index >= 15 is 0 Å². The zero-order chi connectivity index (χ0) is 23.8. The number of fused-ring (bicyclic) bond motifs is 1. The van der Waals surface area contributed by atoms with E-state index in [2.05, 4.69) is 16.0 Å². The Morgan fingerprint density at radius 3 is 2.53 bits per heavy atom. The highest BCUT2D eigenvalue weighted by Crippen LogP contribution is 2.19. The first-order valence-corrected chi connectivity index (χ1v) is 12.6. The Hall–Kier alpha value is -3.15. The van der Waals surface area contributed by atoms with Gasteiger partial charge in [-0.3, -0.25) is 9.59 Å². The van der Waals surface area contributed by atoms with Crippen molar-refractivity contribution >= 4 is 22.8 Å². The molecule has 1 aliphatic heterocycles. The van der Waals surface area contributed by atoms with Crippen LogP contribution in [0.4, 0.5) is 0 Å². The summed E-state index contributed by atoms with van der Waals surface area (Å²) in [6, 6.07) is 16.1. The van der Waals surface area contributed by atoms with E-state index in [4.69, 9.17) is 4.98 Å². The van der Waals surface area contributed by atoms with Crippen molar-refractivity contribution < 1.29 is 9.59 Å². The smallest absolute Gasteiger partial charge is 0.242 e. The van der Waals surface area contributed by atoms with Crippen molar-refractivity contribution in [3.05, 3.63) is 65.5 Å². The molecule has 0 spiro atoms. The predicted octanol–water partition coefficient (Wildman–Crippen LogP) is 4.43. The third-order valence-electron chi connectivity index (χ3n) is 6.75. The van der Waals surface area contributed by atoms with E-state index in [9.17, 15) is 9.59 Å². The molecule has 1 saturated heterocycles. The molecule has 0 radical (unpaired) electrons. The van der Waals surface area contributed by atoms with Gasteiger partial charge in [0.1, 0.15) is 12.4 Å². The van der Waals surface area contributed by atoms with E-state index in [0.717, 1.165) is 79.6 Å². The lowest BCUT2D eigenvalue weighted by Crippen LogP contribution is -2.38. The summed E-state index contributed by atoms with van der Waals surface area (Å²) in [6.45, 7) is 4.84. The van der Waals surface area contributed by atoms with Gasteiger partial charge in [0.25, 0.3) is 0 Å². The van der Waals surface area contributed by atoms with Crippen molar-refractivity contribution in [2.24, 2.45) is 0 Å². The largest absolute Gasteiger partial charge is 0.356 e. The van der Waals surface area contributed by atoms with Crippen LogP contribution < -0.4 is 5.32 Å².